The number of sulfonamides is 1. The van der Waals surface area contributed by atoms with Crippen molar-refractivity contribution in [2.75, 3.05) is 31.3 Å². The van der Waals surface area contributed by atoms with E-state index in [0.29, 0.717) is 30.8 Å². The molecule has 0 heterocycles. The number of nitrogens with zero attached hydrogens (tertiary/aromatic N) is 2. The number of anilines is 1. The number of para-hydroxylation sites is 2. The average Bonchev–Trinajstić information content (AvgIpc) is 2.81. The third-order valence-corrected chi connectivity index (χ3v) is 6.51. The van der Waals surface area contributed by atoms with Gasteiger partial charge < -0.3 is 15.0 Å². The summed E-state index contributed by atoms with van der Waals surface area (Å²) in [7, 11) is -0.562. The van der Waals surface area contributed by atoms with Crippen LogP contribution in [0.1, 0.15) is 31.7 Å². The Hall–Kier alpha value is -3.07. The SMILES string of the molecule is CC[C@@H](C(=O)NC)N(Cc1ccccc1)C(=O)CCCN(c1ccccc1OC)S(C)(=O)=O. The van der Waals surface area contributed by atoms with Crippen LogP contribution in [-0.2, 0) is 26.2 Å². The normalized spacial score (nSPS) is 12.0. The van der Waals surface area contributed by atoms with Crippen LogP contribution in [0.15, 0.2) is 54.6 Å². The molecule has 2 rings (SSSR count). The molecule has 0 saturated carbocycles. The van der Waals surface area contributed by atoms with Crippen molar-refractivity contribution in [1.82, 2.24) is 10.2 Å². The molecule has 0 bridgehead atoms. The van der Waals surface area contributed by atoms with Crippen molar-refractivity contribution < 1.29 is 22.7 Å². The quantitative estimate of drug-likeness (QED) is 0.509. The van der Waals surface area contributed by atoms with Crippen LogP contribution in [0.3, 0.4) is 0 Å². The number of benzene rings is 2. The molecule has 0 aliphatic carbocycles. The zero-order valence-electron chi connectivity index (χ0n) is 19.7. The van der Waals surface area contributed by atoms with Gasteiger partial charge in [0.2, 0.25) is 21.8 Å². The monoisotopic (exact) mass is 475 g/mol. The number of nitrogens with one attached hydrogen (secondary N) is 1. The molecule has 0 aliphatic heterocycles. The van der Waals surface area contributed by atoms with Gasteiger partial charge in [-0.2, -0.15) is 0 Å². The lowest BCUT2D eigenvalue weighted by atomic mass is 10.1. The van der Waals surface area contributed by atoms with Crippen molar-refractivity contribution in [3.63, 3.8) is 0 Å². The summed E-state index contributed by atoms with van der Waals surface area (Å²) in [5, 5.41) is 2.63. The van der Waals surface area contributed by atoms with Gasteiger partial charge in [-0.25, -0.2) is 8.42 Å². The number of rotatable bonds is 12. The van der Waals surface area contributed by atoms with Crippen LogP contribution in [0.2, 0.25) is 0 Å². The third kappa shape index (κ3) is 7.21. The summed E-state index contributed by atoms with van der Waals surface area (Å²) in [4.78, 5) is 27.2. The third-order valence-electron chi connectivity index (χ3n) is 5.33. The van der Waals surface area contributed by atoms with Gasteiger partial charge in [-0.3, -0.25) is 13.9 Å². The van der Waals surface area contributed by atoms with Gasteiger partial charge in [0.25, 0.3) is 0 Å². The van der Waals surface area contributed by atoms with Crippen molar-refractivity contribution in [2.45, 2.75) is 38.8 Å². The maximum Gasteiger partial charge on any atom is 0.242 e. The van der Waals surface area contributed by atoms with Gasteiger partial charge >= 0.3 is 0 Å². The van der Waals surface area contributed by atoms with E-state index >= 15 is 0 Å². The van der Waals surface area contributed by atoms with E-state index < -0.39 is 16.1 Å². The molecule has 0 fully saturated rings. The van der Waals surface area contributed by atoms with E-state index in [9.17, 15) is 18.0 Å². The van der Waals surface area contributed by atoms with Crippen molar-refractivity contribution in [2.24, 2.45) is 0 Å². The van der Waals surface area contributed by atoms with Crippen molar-refractivity contribution in [3.8, 4) is 5.75 Å². The first-order valence-electron chi connectivity index (χ1n) is 10.9. The Kier molecular flexibility index (Phi) is 9.72. The smallest absolute Gasteiger partial charge is 0.242 e. The van der Waals surface area contributed by atoms with E-state index in [1.807, 2.05) is 37.3 Å². The molecule has 1 atom stereocenters. The van der Waals surface area contributed by atoms with Crippen molar-refractivity contribution in [1.29, 1.82) is 0 Å². The van der Waals surface area contributed by atoms with Crippen molar-refractivity contribution in [3.05, 3.63) is 60.2 Å². The zero-order chi connectivity index (χ0) is 24.4. The van der Waals surface area contributed by atoms with Gasteiger partial charge in [-0.15, -0.1) is 0 Å². The fourth-order valence-electron chi connectivity index (χ4n) is 3.68. The van der Waals surface area contributed by atoms with Gasteiger partial charge in [0.1, 0.15) is 11.8 Å². The number of amides is 2. The van der Waals surface area contributed by atoms with E-state index in [1.54, 1.807) is 36.2 Å². The second-order valence-electron chi connectivity index (χ2n) is 7.66. The summed E-state index contributed by atoms with van der Waals surface area (Å²) in [6.45, 7) is 2.27. The van der Waals surface area contributed by atoms with E-state index in [4.69, 9.17) is 4.74 Å². The van der Waals surface area contributed by atoms with Gasteiger partial charge in [0, 0.05) is 26.6 Å². The minimum absolute atomic E-state index is 0.0987. The predicted octanol–water partition coefficient (Wildman–Crippen LogP) is 2.79. The zero-order valence-corrected chi connectivity index (χ0v) is 20.5. The number of likely N-dealkylation sites (N-methyl/N-ethyl adjacent to an activating group) is 1. The molecule has 8 nitrogen and oxygen atoms in total. The standard InChI is InChI=1S/C24H33N3O5S/c1-5-20(24(29)25-2)26(18-19-12-7-6-8-13-19)23(28)16-11-17-27(33(4,30)31)21-14-9-10-15-22(21)32-3/h6-10,12-15,20H,5,11,16-18H2,1-4H3,(H,25,29)/t20-/m0/s1. The van der Waals surface area contributed by atoms with Gasteiger partial charge in [-0.05, 0) is 30.5 Å². The first kappa shape index (κ1) is 26.2. The number of hydrogen-bond donors (Lipinski definition) is 1. The molecule has 2 aromatic carbocycles. The molecule has 0 aliphatic rings. The Balaban J connectivity index is 2.19. The number of carbonyl (C=O) groups excluding carboxylic acids is 2. The molecule has 0 spiro atoms. The molecule has 2 aromatic rings. The second-order valence-corrected chi connectivity index (χ2v) is 9.56. The van der Waals surface area contributed by atoms with Gasteiger partial charge in [-0.1, -0.05) is 49.4 Å². The Morgan fingerprint density at radius 3 is 2.27 bits per heavy atom. The Morgan fingerprint density at radius 2 is 1.70 bits per heavy atom. The molecule has 1 N–H and O–H groups in total. The van der Waals surface area contributed by atoms with E-state index in [0.717, 1.165) is 11.8 Å². The average molecular weight is 476 g/mol. The first-order valence-corrected chi connectivity index (χ1v) is 12.7. The second kappa shape index (κ2) is 12.2. The lowest BCUT2D eigenvalue weighted by Crippen LogP contribution is -2.48. The molecule has 180 valence electrons. The molecule has 0 radical (unpaired) electrons. The van der Waals surface area contributed by atoms with Crippen LogP contribution in [0.5, 0.6) is 5.75 Å². The number of methoxy groups -OCH3 is 1. The topological polar surface area (TPSA) is 96.0 Å². The van der Waals surface area contributed by atoms with Crippen LogP contribution in [-0.4, -0.2) is 58.1 Å². The summed E-state index contributed by atoms with van der Waals surface area (Å²) in [6, 6.07) is 15.7. The summed E-state index contributed by atoms with van der Waals surface area (Å²) in [5.41, 5.74) is 1.34. The van der Waals surface area contributed by atoms with Crippen molar-refractivity contribution >= 4 is 27.5 Å². The van der Waals surface area contributed by atoms with Crippen LogP contribution in [0.25, 0.3) is 0 Å². The van der Waals surface area contributed by atoms with Gasteiger partial charge in [0.05, 0.1) is 19.1 Å². The highest BCUT2D eigenvalue weighted by atomic mass is 32.2. The maximum atomic E-state index is 13.2. The van der Waals surface area contributed by atoms with E-state index in [2.05, 4.69) is 5.32 Å². The van der Waals surface area contributed by atoms with E-state index in [1.165, 1.54) is 11.4 Å². The molecular formula is C24H33N3O5S. The number of hydrogen-bond acceptors (Lipinski definition) is 5. The lowest BCUT2D eigenvalue weighted by molar-refractivity contribution is -0.141. The molecule has 33 heavy (non-hydrogen) atoms. The fourth-order valence-corrected chi connectivity index (χ4v) is 4.65. The largest absolute Gasteiger partial charge is 0.495 e. The first-order chi connectivity index (χ1) is 15.7. The molecule has 0 unspecified atom stereocenters. The molecule has 9 heteroatoms. The Morgan fingerprint density at radius 1 is 1.06 bits per heavy atom. The highest BCUT2D eigenvalue weighted by Gasteiger charge is 2.28. The highest BCUT2D eigenvalue weighted by molar-refractivity contribution is 7.92. The van der Waals surface area contributed by atoms with E-state index in [-0.39, 0.29) is 24.8 Å². The Bertz CT molecular complexity index is 1030. The number of carbonyl (C=O) groups is 2. The Labute approximate surface area is 196 Å². The van der Waals surface area contributed by atoms with Crippen LogP contribution < -0.4 is 14.4 Å². The predicted molar refractivity (Wildman–Crippen MR) is 130 cm³/mol. The minimum atomic E-state index is -3.59. The van der Waals surface area contributed by atoms with Crippen LogP contribution in [0.4, 0.5) is 5.69 Å². The van der Waals surface area contributed by atoms with Crippen LogP contribution >= 0.6 is 0 Å². The molecule has 0 aromatic heterocycles. The molecule has 0 saturated heterocycles. The van der Waals surface area contributed by atoms with Gasteiger partial charge in [0.15, 0.2) is 0 Å². The summed E-state index contributed by atoms with van der Waals surface area (Å²) >= 11 is 0. The molecular weight excluding hydrogens is 442 g/mol. The highest BCUT2D eigenvalue weighted by Crippen LogP contribution is 2.29. The summed E-state index contributed by atoms with van der Waals surface area (Å²) < 4.78 is 31.5. The minimum Gasteiger partial charge on any atom is -0.495 e. The van der Waals surface area contributed by atoms with Crippen LogP contribution in [0, 0.1) is 0 Å². The summed E-state index contributed by atoms with van der Waals surface area (Å²) in [6.07, 6.45) is 1.98. The molecule has 2 amide bonds. The fraction of sp³-hybridized carbons (Fsp3) is 0.417. The summed E-state index contributed by atoms with van der Waals surface area (Å²) in [5.74, 6) is 0.00182. The lowest BCUT2D eigenvalue weighted by Gasteiger charge is -2.31. The number of ether oxygens (including phenoxy) is 1. The maximum absolute atomic E-state index is 13.2.